The van der Waals surface area contributed by atoms with Crippen molar-refractivity contribution in [3.8, 4) is 17.1 Å². The maximum atomic E-state index is 12.6. The summed E-state index contributed by atoms with van der Waals surface area (Å²) in [7, 11) is 0. The molecule has 0 N–H and O–H groups in total. The van der Waals surface area contributed by atoms with Crippen molar-refractivity contribution < 1.29 is 4.74 Å². The molecule has 26 heavy (non-hydrogen) atoms. The SMILES string of the molecule is CCCOc1ccc(-c2nc3s/c(=C\c4ccncc4)c(=O)n3n2)cc1. The van der Waals surface area contributed by atoms with Crippen molar-refractivity contribution in [2.75, 3.05) is 6.61 Å². The van der Waals surface area contributed by atoms with Crippen molar-refractivity contribution in [3.05, 3.63) is 69.2 Å². The molecule has 4 rings (SSSR count). The maximum Gasteiger partial charge on any atom is 0.291 e. The lowest BCUT2D eigenvalue weighted by Crippen LogP contribution is -2.23. The van der Waals surface area contributed by atoms with E-state index in [9.17, 15) is 4.79 Å². The van der Waals surface area contributed by atoms with E-state index >= 15 is 0 Å². The van der Waals surface area contributed by atoms with Crippen LogP contribution in [0.1, 0.15) is 18.9 Å². The van der Waals surface area contributed by atoms with Gasteiger partial charge in [0.15, 0.2) is 5.82 Å². The van der Waals surface area contributed by atoms with Gasteiger partial charge in [-0.1, -0.05) is 18.3 Å². The molecule has 4 aromatic rings. The Balaban J connectivity index is 1.67. The van der Waals surface area contributed by atoms with Gasteiger partial charge in [-0.15, -0.1) is 5.10 Å². The minimum Gasteiger partial charge on any atom is -0.494 e. The zero-order chi connectivity index (χ0) is 17.9. The van der Waals surface area contributed by atoms with Crippen LogP contribution in [0.4, 0.5) is 0 Å². The zero-order valence-corrected chi connectivity index (χ0v) is 14.9. The van der Waals surface area contributed by atoms with Gasteiger partial charge in [-0.3, -0.25) is 9.78 Å². The number of benzene rings is 1. The third-order valence-corrected chi connectivity index (χ3v) is 4.73. The molecule has 0 atom stereocenters. The third kappa shape index (κ3) is 3.21. The van der Waals surface area contributed by atoms with Crippen molar-refractivity contribution in [1.29, 1.82) is 0 Å². The van der Waals surface area contributed by atoms with Gasteiger partial charge in [0, 0.05) is 18.0 Å². The van der Waals surface area contributed by atoms with Crippen LogP contribution >= 0.6 is 11.3 Å². The number of aromatic nitrogens is 4. The molecular weight excluding hydrogens is 348 g/mol. The molecule has 7 heteroatoms. The van der Waals surface area contributed by atoms with Gasteiger partial charge < -0.3 is 4.74 Å². The summed E-state index contributed by atoms with van der Waals surface area (Å²) in [5.41, 5.74) is 1.61. The molecule has 0 amide bonds. The lowest BCUT2D eigenvalue weighted by molar-refractivity contribution is 0.317. The average molecular weight is 364 g/mol. The second kappa shape index (κ2) is 7.05. The van der Waals surface area contributed by atoms with Crippen LogP contribution in [0, 0.1) is 0 Å². The fourth-order valence-corrected chi connectivity index (χ4v) is 3.40. The van der Waals surface area contributed by atoms with Gasteiger partial charge in [0.1, 0.15) is 5.75 Å². The zero-order valence-electron chi connectivity index (χ0n) is 14.1. The van der Waals surface area contributed by atoms with Gasteiger partial charge in [-0.25, -0.2) is 0 Å². The van der Waals surface area contributed by atoms with Gasteiger partial charge in [0.05, 0.1) is 11.1 Å². The monoisotopic (exact) mass is 364 g/mol. The van der Waals surface area contributed by atoms with Crippen LogP contribution in [0.15, 0.2) is 53.6 Å². The molecule has 130 valence electrons. The summed E-state index contributed by atoms with van der Waals surface area (Å²) >= 11 is 1.32. The molecule has 1 aromatic carbocycles. The number of rotatable bonds is 5. The fourth-order valence-electron chi connectivity index (χ4n) is 2.49. The van der Waals surface area contributed by atoms with E-state index in [1.807, 2.05) is 42.5 Å². The molecule has 0 saturated heterocycles. The van der Waals surface area contributed by atoms with E-state index in [1.54, 1.807) is 12.4 Å². The van der Waals surface area contributed by atoms with E-state index in [4.69, 9.17) is 4.74 Å². The van der Waals surface area contributed by atoms with Crippen LogP contribution in [0.3, 0.4) is 0 Å². The van der Waals surface area contributed by atoms with E-state index < -0.39 is 0 Å². The molecule has 0 spiro atoms. The van der Waals surface area contributed by atoms with E-state index in [0.717, 1.165) is 23.3 Å². The number of hydrogen-bond acceptors (Lipinski definition) is 6. The smallest absolute Gasteiger partial charge is 0.291 e. The topological polar surface area (TPSA) is 69.4 Å². The van der Waals surface area contributed by atoms with Gasteiger partial charge in [0.2, 0.25) is 4.96 Å². The summed E-state index contributed by atoms with van der Waals surface area (Å²) < 4.78 is 7.53. The van der Waals surface area contributed by atoms with Gasteiger partial charge in [-0.2, -0.15) is 9.50 Å². The number of ether oxygens (including phenoxy) is 1. The quantitative estimate of drug-likeness (QED) is 0.544. The van der Waals surface area contributed by atoms with Crippen LogP contribution in [-0.4, -0.2) is 26.2 Å². The van der Waals surface area contributed by atoms with E-state index in [-0.39, 0.29) is 5.56 Å². The van der Waals surface area contributed by atoms with Crippen molar-refractivity contribution in [1.82, 2.24) is 19.6 Å². The van der Waals surface area contributed by atoms with Crippen molar-refractivity contribution in [2.45, 2.75) is 13.3 Å². The number of hydrogen-bond donors (Lipinski definition) is 0. The summed E-state index contributed by atoms with van der Waals surface area (Å²) in [4.78, 5) is 21.6. The summed E-state index contributed by atoms with van der Waals surface area (Å²) in [6, 6.07) is 11.3. The molecule has 0 bridgehead atoms. The summed E-state index contributed by atoms with van der Waals surface area (Å²) in [5, 5.41) is 4.37. The first kappa shape index (κ1) is 16.4. The predicted molar refractivity (Wildman–Crippen MR) is 101 cm³/mol. The number of pyridine rings is 1. The van der Waals surface area contributed by atoms with E-state index in [2.05, 4.69) is 22.0 Å². The summed E-state index contributed by atoms with van der Waals surface area (Å²) in [5.74, 6) is 1.35. The summed E-state index contributed by atoms with van der Waals surface area (Å²) in [6.07, 6.45) is 6.18. The highest BCUT2D eigenvalue weighted by Gasteiger charge is 2.12. The Morgan fingerprint density at radius 3 is 2.62 bits per heavy atom. The Kier molecular flexibility index (Phi) is 4.45. The minimum absolute atomic E-state index is 0.163. The number of thiazole rings is 1. The van der Waals surface area contributed by atoms with Crippen LogP contribution in [0.2, 0.25) is 0 Å². The van der Waals surface area contributed by atoms with E-state index in [1.165, 1.54) is 15.9 Å². The van der Waals surface area contributed by atoms with Crippen LogP contribution in [-0.2, 0) is 0 Å². The van der Waals surface area contributed by atoms with Gasteiger partial charge in [-0.05, 0) is 54.5 Å². The average Bonchev–Trinajstić information content (AvgIpc) is 3.21. The maximum absolute atomic E-state index is 12.6. The third-order valence-electron chi connectivity index (χ3n) is 3.77. The van der Waals surface area contributed by atoms with Crippen LogP contribution < -0.4 is 14.8 Å². The normalized spacial score (nSPS) is 12.0. The van der Waals surface area contributed by atoms with Gasteiger partial charge in [0.25, 0.3) is 5.56 Å². The number of fused-ring (bicyclic) bond motifs is 1. The minimum atomic E-state index is -0.163. The molecular formula is C19H16N4O2S. The van der Waals surface area contributed by atoms with Crippen molar-refractivity contribution in [2.24, 2.45) is 0 Å². The molecule has 0 aliphatic carbocycles. The molecule has 3 heterocycles. The highest BCUT2D eigenvalue weighted by Crippen LogP contribution is 2.20. The second-order valence-electron chi connectivity index (χ2n) is 5.70. The fraction of sp³-hybridized carbons (Fsp3) is 0.158. The molecule has 0 fully saturated rings. The lowest BCUT2D eigenvalue weighted by Gasteiger charge is -2.04. The van der Waals surface area contributed by atoms with Crippen LogP contribution in [0.25, 0.3) is 22.4 Å². The molecule has 6 nitrogen and oxygen atoms in total. The van der Waals surface area contributed by atoms with Crippen molar-refractivity contribution in [3.63, 3.8) is 0 Å². The standard InChI is InChI=1S/C19H16N4O2S/c1-2-11-25-15-5-3-14(4-6-15)17-21-19-23(22-17)18(24)16(26-19)12-13-7-9-20-10-8-13/h3-10,12H,2,11H2,1H3/b16-12-. The molecule has 0 radical (unpaired) electrons. The Morgan fingerprint density at radius 1 is 1.15 bits per heavy atom. The first-order chi connectivity index (χ1) is 12.7. The van der Waals surface area contributed by atoms with Gasteiger partial charge >= 0.3 is 0 Å². The highest BCUT2D eigenvalue weighted by atomic mass is 32.1. The number of nitrogens with zero attached hydrogens (tertiary/aromatic N) is 4. The molecule has 3 aromatic heterocycles. The van der Waals surface area contributed by atoms with Crippen molar-refractivity contribution >= 4 is 22.4 Å². The first-order valence-corrected chi connectivity index (χ1v) is 9.11. The van der Waals surface area contributed by atoms with Crippen LogP contribution in [0.5, 0.6) is 5.75 Å². The highest BCUT2D eigenvalue weighted by molar-refractivity contribution is 7.15. The Bertz CT molecular complexity index is 1130. The molecule has 0 unspecified atom stereocenters. The second-order valence-corrected chi connectivity index (χ2v) is 6.71. The Labute approximate surface area is 153 Å². The Hall–Kier alpha value is -3.06. The predicted octanol–water partition coefficient (Wildman–Crippen LogP) is 2.55. The molecule has 0 saturated carbocycles. The largest absolute Gasteiger partial charge is 0.494 e. The molecule has 0 aliphatic heterocycles. The summed E-state index contributed by atoms with van der Waals surface area (Å²) in [6.45, 7) is 2.76. The molecule has 0 aliphatic rings. The van der Waals surface area contributed by atoms with E-state index in [0.29, 0.717) is 21.9 Å². The Morgan fingerprint density at radius 2 is 1.92 bits per heavy atom. The lowest BCUT2D eigenvalue weighted by atomic mass is 10.2. The first-order valence-electron chi connectivity index (χ1n) is 8.29.